The van der Waals surface area contributed by atoms with E-state index in [-0.39, 0.29) is 5.91 Å². The predicted molar refractivity (Wildman–Crippen MR) is 121 cm³/mol. The van der Waals surface area contributed by atoms with Crippen LogP contribution in [0.4, 0.5) is 0 Å². The van der Waals surface area contributed by atoms with Gasteiger partial charge in [-0.05, 0) is 41.8 Å². The normalized spacial score (nSPS) is 10.3. The molecule has 0 saturated carbocycles. The van der Waals surface area contributed by atoms with E-state index in [1.807, 2.05) is 48.5 Å². The van der Waals surface area contributed by atoms with Gasteiger partial charge in [-0.3, -0.25) is 9.78 Å². The zero-order valence-electron chi connectivity index (χ0n) is 18.6. The van der Waals surface area contributed by atoms with E-state index in [1.165, 1.54) is 0 Å². The third-order valence-corrected chi connectivity index (χ3v) is 4.95. The molecule has 1 N–H and O–H groups in total. The van der Waals surface area contributed by atoms with Crippen molar-refractivity contribution in [2.75, 3.05) is 21.3 Å². The fourth-order valence-corrected chi connectivity index (χ4v) is 3.25. The minimum absolute atomic E-state index is 0.0428. The maximum Gasteiger partial charge on any atom is 0.220 e. The van der Waals surface area contributed by atoms with Gasteiger partial charge in [0.1, 0.15) is 12.4 Å². The third-order valence-electron chi connectivity index (χ3n) is 4.95. The lowest BCUT2D eigenvalue weighted by Gasteiger charge is -2.15. The van der Waals surface area contributed by atoms with Gasteiger partial charge in [0.15, 0.2) is 11.5 Å². The van der Waals surface area contributed by atoms with E-state index >= 15 is 0 Å². The van der Waals surface area contributed by atoms with Crippen molar-refractivity contribution in [1.29, 1.82) is 0 Å². The van der Waals surface area contributed by atoms with Crippen LogP contribution in [0.15, 0.2) is 60.9 Å². The Bertz CT molecular complexity index is 1010. The van der Waals surface area contributed by atoms with Crippen LogP contribution >= 0.6 is 0 Å². The first-order valence-corrected chi connectivity index (χ1v) is 10.3. The molecule has 0 atom stereocenters. The van der Waals surface area contributed by atoms with E-state index in [1.54, 1.807) is 33.7 Å². The molecule has 7 nitrogen and oxygen atoms in total. The lowest BCUT2D eigenvalue weighted by atomic mass is 10.1. The highest BCUT2D eigenvalue weighted by Gasteiger charge is 2.16. The van der Waals surface area contributed by atoms with Gasteiger partial charge in [0.05, 0.1) is 21.3 Å². The number of methoxy groups -OCH3 is 3. The molecule has 2 aromatic carbocycles. The standard InChI is InChI=1S/C25H28N2O5/c1-29-22-12-8-20(24(30-2)25(22)31-3)9-13-23(28)27-16-18-6-10-21(11-7-18)32-17-19-5-4-14-26-15-19/h4-8,10-12,14-15H,9,13,16-17H2,1-3H3,(H,27,28). The number of carbonyl (C=O) groups excluding carboxylic acids is 1. The summed E-state index contributed by atoms with van der Waals surface area (Å²) in [4.78, 5) is 16.4. The Labute approximate surface area is 188 Å². The number of aryl methyl sites for hydroxylation is 1. The number of nitrogens with one attached hydrogen (secondary N) is 1. The molecule has 7 heteroatoms. The SMILES string of the molecule is COc1ccc(CCC(=O)NCc2ccc(OCc3cccnc3)cc2)c(OC)c1OC. The molecule has 3 rings (SSSR count). The number of aromatic nitrogens is 1. The van der Waals surface area contributed by atoms with Crippen LogP contribution in [0.2, 0.25) is 0 Å². The van der Waals surface area contributed by atoms with Gasteiger partial charge in [-0.15, -0.1) is 0 Å². The average molecular weight is 437 g/mol. The maximum absolute atomic E-state index is 12.4. The van der Waals surface area contributed by atoms with Crippen molar-refractivity contribution < 1.29 is 23.7 Å². The maximum atomic E-state index is 12.4. The number of rotatable bonds is 11. The first kappa shape index (κ1) is 22.9. The van der Waals surface area contributed by atoms with E-state index in [0.717, 1.165) is 22.4 Å². The monoisotopic (exact) mass is 436 g/mol. The summed E-state index contributed by atoms with van der Waals surface area (Å²) in [6.07, 6.45) is 4.37. The largest absolute Gasteiger partial charge is 0.493 e. The highest BCUT2D eigenvalue weighted by molar-refractivity contribution is 5.76. The van der Waals surface area contributed by atoms with Gasteiger partial charge in [0.2, 0.25) is 11.7 Å². The van der Waals surface area contributed by atoms with Gasteiger partial charge in [0.25, 0.3) is 0 Å². The number of carbonyl (C=O) groups is 1. The minimum atomic E-state index is -0.0428. The topological polar surface area (TPSA) is 78.9 Å². The molecule has 32 heavy (non-hydrogen) atoms. The van der Waals surface area contributed by atoms with Crippen molar-refractivity contribution in [3.63, 3.8) is 0 Å². The highest BCUT2D eigenvalue weighted by atomic mass is 16.5. The molecule has 0 aliphatic rings. The molecular weight excluding hydrogens is 408 g/mol. The number of pyridine rings is 1. The van der Waals surface area contributed by atoms with Crippen molar-refractivity contribution in [3.8, 4) is 23.0 Å². The molecule has 0 aliphatic heterocycles. The molecule has 168 valence electrons. The number of amides is 1. The van der Waals surface area contributed by atoms with Crippen molar-refractivity contribution in [3.05, 3.63) is 77.6 Å². The third kappa shape index (κ3) is 6.14. The zero-order valence-corrected chi connectivity index (χ0v) is 18.6. The van der Waals surface area contributed by atoms with Crippen LogP contribution in [-0.4, -0.2) is 32.2 Å². The van der Waals surface area contributed by atoms with Crippen LogP contribution in [0.5, 0.6) is 23.0 Å². The average Bonchev–Trinajstić information content (AvgIpc) is 2.85. The van der Waals surface area contributed by atoms with Gasteiger partial charge in [-0.1, -0.05) is 24.3 Å². The van der Waals surface area contributed by atoms with Gasteiger partial charge >= 0.3 is 0 Å². The van der Waals surface area contributed by atoms with Gasteiger partial charge in [-0.2, -0.15) is 0 Å². The Hall–Kier alpha value is -3.74. The number of nitrogens with zero attached hydrogens (tertiary/aromatic N) is 1. The quantitative estimate of drug-likeness (QED) is 0.491. The Morgan fingerprint density at radius 3 is 2.34 bits per heavy atom. The molecule has 1 heterocycles. The second kappa shape index (κ2) is 11.6. The van der Waals surface area contributed by atoms with E-state index in [0.29, 0.717) is 43.2 Å². The van der Waals surface area contributed by atoms with Crippen LogP contribution in [0.25, 0.3) is 0 Å². The molecule has 0 aliphatic carbocycles. The summed E-state index contributed by atoms with van der Waals surface area (Å²) in [5.41, 5.74) is 2.89. The van der Waals surface area contributed by atoms with Crippen LogP contribution in [-0.2, 0) is 24.4 Å². The summed E-state index contributed by atoms with van der Waals surface area (Å²) < 4.78 is 21.9. The summed E-state index contributed by atoms with van der Waals surface area (Å²) >= 11 is 0. The molecule has 0 bridgehead atoms. The van der Waals surface area contributed by atoms with Crippen LogP contribution < -0.4 is 24.3 Å². The van der Waals surface area contributed by atoms with E-state index < -0.39 is 0 Å². The zero-order chi connectivity index (χ0) is 22.8. The first-order valence-electron chi connectivity index (χ1n) is 10.3. The van der Waals surface area contributed by atoms with Crippen molar-refractivity contribution in [1.82, 2.24) is 10.3 Å². The summed E-state index contributed by atoms with van der Waals surface area (Å²) in [6.45, 7) is 0.911. The number of hydrogen-bond donors (Lipinski definition) is 1. The second-order valence-corrected chi connectivity index (χ2v) is 7.06. The van der Waals surface area contributed by atoms with Crippen LogP contribution in [0.1, 0.15) is 23.1 Å². The van der Waals surface area contributed by atoms with E-state index in [9.17, 15) is 4.79 Å². The minimum Gasteiger partial charge on any atom is -0.493 e. The lowest BCUT2D eigenvalue weighted by molar-refractivity contribution is -0.121. The smallest absolute Gasteiger partial charge is 0.220 e. The number of benzene rings is 2. The second-order valence-electron chi connectivity index (χ2n) is 7.06. The van der Waals surface area contributed by atoms with E-state index in [2.05, 4.69) is 10.3 Å². The summed E-state index contributed by atoms with van der Waals surface area (Å²) in [7, 11) is 4.71. The van der Waals surface area contributed by atoms with Gasteiger partial charge in [-0.25, -0.2) is 0 Å². The number of ether oxygens (including phenoxy) is 4. The lowest BCUT2D eigenvalue weighted by Crippen LogP contribution is -2.23. The molecule has 1 amide bonds. The molecule has 0 spiro atoms. The van der Waals surface area contributed by atoms with Crippen LogP contribution in [0, 0.1) is 0 Å². The summed E-state index contributed by atoms with van der Waals surface area (Å²) in [5.74, 6) is 2.42. The Morgan fingerprint density at radius 1 is 0.906 bits per heavy atom. The van der Waals surface area contributed by atoms with Crippen LogP contribution in [0.3, 0.4) is 0 Å². The molecule has 0 saturated heterocycles. The van der Waals surface area contributed by atoms with E-state index in [4.69, 9.17) is 18.9 Å². The fraction of sp³-hybridized carbons (Fsp3) is 0.280. The predicted octanol–water partition coefficient (Wildman–Crippen LogP) is 3.94. The first-order chi connectivity index (χ1) is 15.6. The summed E-state index contributed by atoms with van der Waals surface area (Å²) in [6, 6.07) is 15.2. The molecule has 0 unspecified atom stereocenters. The summed E-state index contributed by atoms with van der Waals surface area (Å²) in [5, 5.41) is 2.95. The molecule has 3 aromatic rings. The fourth-order valence-electron chi connectivity index (χ4n) is 3.25. The van der Waals surface area contributed by atoms with Crippen molar-refractivity contribution >= 4 is 5.91 Å². The molecular formula is C25H28N2O5. The molecule has 0 radical (unpaired) electrons. The van der Waals surface area contributed by atoms with Crippen molar-refractivity contribution in [2.24, 2.45) is 0 Å². The van der Waals surface area contributed by atoms with Gasteiger partial charge < -0.3 is 24.3 Å². The molecule has 1 aromatic heterocycles. The highest BCUT2D eigenvalue weighted by Crippen LogP contribution is 2.40. The van der Waals surface area contributed by atoms with Crippen molar-refractivity contribution in [2.45, 2.75) is 26.0 Å². The Balaban J connectivity index is 1.48. The van der Waals surface area contributed by atoms with Gasteiger partial charge in [0, 0.05) is 30.9 Å². The molecule has 0 fully saturated rings. The Morgan fingerprint density at radius 2 is 1.69 bits per heavy atom. The number of hydrogen-bond acceptors (Lipinski definition) is 6. The Kier molecular flexibility index (Phi) is 8.31.